The molecule has 1 aliphatic carbocycles. The van der Waals surface area contributed by atoms with Crippen molar-refractivity contribution in [1.82, 2.24) is 25.1 Å². The number of aromatic amines is 1. The fourth-order valence-electron chi connectivity index (χ4n) is 2.89. The molecule has 1 unspecified atom stereocenters. The Morgan fingerprint density at radius 2 is 2.25 bits per heavy atom. The highest BCUT2D eigenvalue weighted by molar-refractivity contribution is 5.46. The summed E-state index contributed by atoms with van der Waals surface area (Å²) in [5.74, 6) is 0.862. The molecule has 3 heterocycles. The van der Waals surface area contributed by atoms with Gasteiger partial charge in [0, 0.05) is 25.2 Å². The Morgan fingerprint density at radius 1 is 1.35 bits per heavy atom. The molecule has 4 rings (SSSR count). The first-order chi connectivity index (χ1) is 9.81. The first-order valence-corrected chi connectivity index (χ1v) is 7.26. The van der Waals surface area contributed by atoms with E-state index in [0.29, 0.717) is 11.7 Å². The van der Waals surface area contributed by atoms with E-state index in [4.69, 9.17) is 0 Å². The fraction of sp³-hybridized carbons (Fsp3) is 0.615. The molecule has 0 aromatic carbocycles. The quantitative estimate of drug-likeness (QED) is 0.829. The highest BCUT2D eigenvalue weighted by Gasteiger charge is 2.28. The highest BCUT2D eigenvalue weighted by atomic mass is 16.2. The van der Waals surface area contributed by atoms with Crippen molar-refractivity contribution in [2.75, 3.05) is 18.0 Å². The first kappa shape index (κ1) is 11.9. The summed E-state index contributed by atoms with van der Waals surface area (Å²) in [6, 6.07) is 4.99. The Hall–Kier alpha value is -1.89. The van der Waals surface area contributed by atoms with Crippen LogP contribution >= 0.6 is 0 Å². The van der Waals surface area contributed by atoms with Crippen LogP contribution in [0.4, 0.5) is 5.82 Å². The molecule has 1 saturated heterocycles. The number of nitrogens with zero attached hydrogens (tertiary/aromatic N) is 4. The summed E-state index contributed by atoms with van der Waals surface area (Å²) in [6.07, 6.45) is 4.97. The Balaban J connectivity index is 1.59. The molecule has 2 aliphatic rings. The summed E-state index contributed by atoms with van der Waals surface area (Å²) < 4.78 is 1.33. The third-order valence-corrected chi connectivity index (χ3v) is 4.15. The molecule has 7 heteroatoms. The van der Waals surface area contributed by atoms with Crippen molar-refractivity contribution in [1.29, 1.82) is 0 Å². The van der Waals surface area contributed by atoms with Gasteiger partial charge in [-0.25, -0.2) is 9.89 Å². The van der Waals surface area contributed by atoms with Gasteiger partial charge in [-0.15, -0.1) is 5.10 Å². The van der Waals surface area contributed by atoms with Gasteiger partial charge in [-0.3, -0.25) is 0 Å². The zero-order valence-electron chi connectivity index (χ0n) is 11.2. The third kappa shape index (κ3) is 2.07. The van der Waals surface area contributed by atoms with Crippen LogP contribution in [0.25, 0.3) is 5.65 Å². The zero-order valence-corrected chi connectivity index (χ0v) is 11.2. The monoisotopic (exact) mass is 274 g/mol. The molecule has 2 fully saturated rings. The summed E-state index contributed by atoms with van der Waals surface area (Å²) in [4.78, 5) is 13.9. The summed E-state index contributed by atoms with van der Waals surface area (Å²) in [7, 11) is 0. The number of aromatic nitrogens is 4. The molecule has 1 atom stereocenters. The summed E-state index contributed by atoms with van der Waals surface area (Å²) >= 11 is 0. The standard InChI is InChI=1S/C13H18N6O/c20-13-16-15-11-5-6-12(17-19(11)13)18-7-1-2-10(18)8-14-9-3-4-9/h5-6,9-10,14H,1-4,7-8H2,(H,16,20). The van der Waals surface area contributed by atoms with Crippen molar-refractivity contribution < 1.29 is 0 Å². The van der Waals surface area contributed by atoms with Crippen molar-refractivity contribution in [3.8, 4) is 0 Å². The van der Waals surface area contributed by atoms with Crippen LogP contribution in [0.1, 0.15) is 25.7 Å². The van der Waals surface area contributed by atoms with E-state index in [2.05, 4.69) is 25.5 Å². The third-order valence-electron chi connectivity index (χ3n) is 4.15. The minimum Gasteiger partial charge on any atom is -0.351 e. The molecule has 2 N–H and O–H groups in total. The molecular weight excluding hydrogens is 256 g/mol. The lowest BCUT2D eigenvalue weighted by atomic mass is 10.2. The van der Waals surface area contributed by atoms with Crippen molar-refractivity contribution in [3.05, 3.63) is 22.6 Å². The van der Waals surface area contributed by atoms with E-state index < -0.39 is 0 Å². The lowest BCUT2D eigenvalue weighted by Crippen LogP contribution is -2.39. The Bertz CT molecular complexity index is 673. The van der Waals surface area contributed by atoms with E-state index in [-0.39, 0.29) is 5.69 Å². The number of nitrogens with one attached hydrogen (secondary N) is 2. The molecule has 20 heavy (non-hydrogen) atoms. The van der Waals surface area contributed by atoms with E-state index >= 15 is 0 Å². The van der Waals surface area contributed by atoms with E-state index in [1.807, 2.05) is 12.1 Å². The fourth-order valence-corrected chi connectivity index (χ4v) is 2.89. The second kappa shape index (κ2) is 4.59. The maximum absolute atomic E-state index is 11.6. The Morgan fingerprint density at radius 3 is 3.10 bits per heavy atom. The normalized spacial score (nSPS) is 22.8. The highest BCUT2D eigenvalue weighted by Crippen LogP contribution is 2.25. The molecule has 2 aromatic heterocycles. The van der Waals surface area contributed by atoms with Gasteiger partial charge in [0.2, 0.25) is 0 Å². The van der Waals surface area contributed by atoms with Crippen molar-refractivity contribution in [2.24, 2.45) is 0 Å². The number of rotatable bonds is 4. The van der Waals surface area contributed by atoms with Gasteiger partial charge in [0.1, 0.15) is 5.82 Å². The van der Waals surface area contributed by atoms with Gasteiger partial charge in [0.25, 0.3) is 0 Å². The van der Waals surface area contributed by atoms with Gasteiger partial charge in [-0.05, 0) is 37.8 Å². The number of hydrogen-bond acceptors (Lipinski definition) is 5. The lowest BCUT2D eigenvalue weighted by Gasteiger charge is -2.25. The van der Waals surface area contributed by atoms with E-state index in [9.17, 15) is 4.79 Å². The predicted molar refractivity (Wildman–Crippen MR) is 75.0 cm³/mol. The van der Waals surface area contributed by atoms with Gasteiger partial charge in [0.05, 0.1) is 0 Å². The molecular formula is C13H18N6O. The lowest BCUT2D eigenvalue weighted by molar-refractivity contribution is 0.566. The molecule has 0 amide bonds. The van der Waals surface area contributed by atoms with E-state index in [1.54, 1.807) is 0 Å². The van der Waals surface area contributed by atoms with Crippen LogP contribution in [0.3, 0.4) is 0 Å². The number of H-pyrrole nitrogens is 1. The number of anilines is 1. The predicted octanol–water partition coefficient (Wildman–Crippen LogP) is 0.138. The van der Waals surface area contributed by atoms with E-state index in [1.165, 1.54) is 30.2 Å². The SMILES string of the molecule is O=c1[nH]nc2ccc(N3CCCC3CNC3CC3)nn12. The number of hydrogen-bond donors (Lipinski definition) is 2. The van der Waals surface area contributed by atoms with Crippen molar-refractivity contribution in [2.45, 2.75) is 37.8 Å². The summed E-state index contributed by atoms with van der Waals surface area (Å²) in [5.41, 5.74) is 0.277. The minimum atomic E-state index is -0.284. The minimum absolute atomic E-state index is 0.284. The Labute approximate surface area is 116 Å². The van der Waals surface area contributed by atoms with Crippen LogP contribution in [0.2, 0.25) is 0 Å². The molecule has 2 aromatic rings. The van der Waals surface area contributed by atoms with Crippen LogP contribution < -0.4 is 15.9 Å². The Kier molecular flexibility index (Phi) is 2.73. The topological polar surface area (TPSA) is 78.3 Å². The van der Waals surface area contributed by atoms with Crippen molar-refractivity contribution in [3.63, 3.8) is 0 Å². The van der Waals surface area contributed by atoms with Crippen LogP contribution in [0.15, 0.2) is 16.9 Å². The van der Waals surface area contributed by atoms with Gasteiger partial charge in [-0.1, -0.05) is 0 Å². The van der Waals surface area contributed by atoms with Crippen molar-refractivity contribution >= 4 is 11.5 Å². The second-order valence-electron chi connectivity index (χ2n) is 5.66. The molecule has 0 spiro atoms. The summed E-state index contributed by atoms with van der Waals surface area (Å²) in [6.45, 7) is 2.01. The van der Waals surface area contributed by atoms with Crippen LogP contribution in [-0.4, -0.2) is 45.0 Å². The van der Waals surface area contributed by atoms with Gasteiger partial charge >= 0.3 is 5.69 Å². The molecule has 1 saturated carbocycles. The number of fused-ring (bicyclic) bond motifs is 1. The van der Waals surface area contributed by atoms with Crippen LogP contribution in [0, 0.1) is 0 Å². The smallest absolute Gasteiger partial charge is 0.351 e. The van der Waals surface area contributed by atoms with Crippen LogP contribution in [-0.2, 0) is 0 Å². The largest absolute Gasteiger partial charge is 0.364 e. The molecule has 1 aliphatic heterocycles. The average molecular weight is 274 g/mol. The van der Waals surface area contributed by atoms with Gasteiger partial charge in [0.15, 0.2) is 5.65 Å². The molecule has 7 nitrogen and oxygen atoms in total. The van der Waals surface area contributed by atoms with Gasteiger partial charge in [-0.2, -0.15) is 9.61 Å². The zero-order chi connectivity index (χ0) is 13.5. The van der Waals surface area contributed by atoms with Gasteiger partial charge < -0.3 is 10.2 Å². The van der Waals surface area contributed by atoms with Crippen LogP contribution in [0.5, 0.6) is 0 Å². The summed E-state index contributed by atoms with van der Waals surface area (Å²) in [5, 5.41) is 14.3. The molecule has 0 radical (unpaired) electrons. The molecule has 0 bridgehead atoms. The average Bonchev–Trinajstić information content (AvgIpc) is 3.06. The first-order valence-electron chi connectivity index (χ1n) is 7.26. The maximum atomic E-state index is 11.6. The second-order valence-corrected chi connectivity index (χ2v) is 5.66. The van der Waals surface area contributed by atoms with E-state index in [0.717, 1.165) is 24.9 Å². The maximum Gasteiger partial charge on any atom is 0.364 e. The molecule has 106 valence electrons.